The maximum absolute atomic E-state index is 11.9. The van der Waals surface area contributed by atoms with Crippen molar-refractivity contribution in [3.8, 4) is 0 Å². The molecule has 0 aromatic carbocycles. The van der Waals surface area contributed by atoms with E-state index in [0.717, 1.165) is 43.1 Å². The molecule has 2 aliphatic heterocycles. The fourth-order valence-electron chi connectivity index (χ4n) is 3.91. The molecule has 0 amide bonds. The van der Waals surface area contributed by atoms with Crippen LogP contribution in [0.15, 0.2) is 4.52 Å². The third kappa shape index (κ3) is 3.05. The van der Waals surface area contributed by atoms with E-state index in [9.17, 15) is 13.5 Å². The van der Waals surface area contributed by atoms with Gasteiger partial charge >= 0.3 is 0 Å². The maximum Gasteiger partial charge on any atom is 0.211 e. The lowest BCUT2D eigenvalue weighted by Gasteiger charge is -2.42. The number of aromatic nitrogens is 1. The predicted molar refractivity (Wildman–Crippen MR) is 85.3 cm³/mol. The van der Waals surface area contributed by atoms with Crippen molar-refractivity contribution in [2.45, 2.75) is 26.8 Å². The Labute approximate surface area is 137 Å². The molecule has 0 aliphatic carbocycles. The minimum Gasteiger partial charge on any atom is -0.396 e. The van der Waals surface area contributed by atoms with E-state index < -0.39 is 10.0 Å². The van der Waals surface area contributed by atoms with Gasteiger partial charge in [0.2, 0.25) is 10.0 Å². The van der Waals surface area contributed by atoms with Crippen molar-refractivity contribution in [2.24, 2.45) is 11.3 Å². The van der Waals surface area contributed by atoms with E-state index in [2.05, 4.69) is 10.1 Å². The summed E-state index contributed by atoms with van der Waals surface area (Å²) < 4.78 is 30.5. The molecule has 1 aromatic rings. The van der Waals surface area contributed by atoms with Gasteiger partial charge in [0.1, 0.15) is 5.76 Å². The van der Waals surface area contributed by atoms with E-state index in [-0.39, 0.29) is 17.9 Å². The van der Waals surface area contributed by atoms with E-state index in [4.69, 9.17) is 4.52 Å². The summed E-state index contributed by atoms with van der Waals surface area (Å²) in [6, 6.07) is 0. The van der Waals surface area contributed by atoms with Gasteiger partial charge in [-0.3, -0.25) is 4.90 Å². The molecular weight excluding hydrogens is 318 g/mol. The van der Waals surface area contributed by atoms with Gasteiger partial charge in [0.15, 0.2) is 0 Å². The molecule has 3 rings (SSSR count). The molecule has 2 atom stereocenters. The van der Waals surface area contributed by atoms with Gasteiger partial charge in [0.25, 0.3) is 0 Å². The topological polar surface area (TPSA) is 86.9 Å². The number of piperidine rings is 1. The number of sulfonamides is 1. The van der Waals surface area contributed by atoms with Crippen LogP contribution >= 0.6 is 0 Å². The average Bonchev–Trinajstić information content (AvgIpc) is 3.02. The lowest BCUT2D eigenvalue weighted by atomic mass is 9.73. The van der Waals surface area contributed by atoms with Crippen molar-refractivity contribution < 1.29 is 18.0 Å². The fraction of sp³-hybridized carbons (Fsp3) is 0.800. The minimum atomic E-state index is -3.21. The molecule has 0 bridgehead atoms. The highest BCUT2D eigenvalue weighted by Crippen LogP contribution is 2.43. The second-order valence-electron chi connectivity index (χ2n) is 7.06. The monoisotopic (exact) mass is 343 g/mol. The highest BCUT2D eigenvalue weighted by Gasteiger charge is 2.51. The van der Waals surface area contributed by atoms with Crippen molar-refractivity contribution in [1.29, 1.82) is 0 Å². The smallest absolute Gasteiger partial charge is 0.211 e. The molecule has 1 aromatic heterocycles. The van der Waals surface area contributed by atoms with E-state index in [1.54, 1.807) is 0 Å². The van der Waals surface area contributed by atoms with Crippen LogP contribution < -0.4 is 0 Å². The summed E-state index contributed by atoms with van der Waals surface area (Å²) in [7, 11) is -3.21. The van der Waals surface area contributed by atoms with Gasteiger partial charge in [0, 0.05) is 37.2 Å². The zero-order valence-electron chi connectivity index (χ0n) is 13.9. The van der Waals surface area contributed by atoms with Gasteiger partial charge in [-0.1, -0.05) is 5.16 Å². The lowest BCUT2D eigenvalue weighted by molar-refractivity contribution is 0.0168. The zero-order chi connectivity index (χ0) is 16.8. The van der Waals surface area contributed by atoms with Crippen LogP contribution in [-0.2, 0) is 16.6 Å². The number of aliphatic hydroxyl groups is 1. The molecule has 0 radical (unpaired) electrons. The molecule has 8 heteroatoms. The Balaban J connectivity index is 1.75. The molecule has 7 nitrogen and oxygen atoms in total. The molecule has 3 heterocycles. The third-order valence-electron chi connectivity index (χ3n) is 5.53. The fourth-order valence-corrected chi connectivity index (χ4v) is 4.85. The van der Waals surface area contributed by atoms with Crippen LogP contribution in [-0.4, -0.2) is 66.9 Å². The molecule has 0 saturated carbocycles. The van der Waals surface area contributed by atoms with Gasteiger partial charge in [-0.2, -0.15) is 0 Å². The van der Waals surface area contributed by atoms with Gasteiger partial charge in [0.05, 0.1) is 18.6 Å². The minimum absolute atomic E-state index is 0.0445. The number of hydrogen-bond donors (Lipinski definition) is 1. The van der Waals surface area contributed by atoms with Gasteiger partial charge < -0.3 is 9.63 Å². The van der Waals surface area contributed by atoms with Gasteiger partial charge in [-0.25, -0.2) is 12.7 Å². The second-order valence-corrected chi connectivity index (χ2v) is 9.04. The van der Waals surface area contributed by atoms with Crippen molar-refractivity contribution in [2.75, 3.05) is 39.0 Å². The number of fused-ring (bicyclic) bond motifs is 1. The number of aryl methyl sites for hydroxylation is 2. The normalized spacial score (nSPS) is 29.8. The molecule has 23 heavy (non-hydrogen) atoms. The summed E-state index contributed by atoms with van der Waals surface area (Å²) in [5, 5.41) is 13.9. The Morgan fingerprint density at radius 1 is 1.39 bits per heavy atom. The van der Waals surface area contributed by atoms with Crippen molar-refractivity contribution in [3.05, 3.63) is 17.0 Å². The van der Waals surface area contributed by atoms with E-state index in [1.807, 2.05) is 13.8 Å². The van der Waals surface area contributed by atoms with E-state index in [1.165, 1.54) is 10.6 Å². The van der Waals surface area contributed by atoms with Crippen molar-refractivity contribution in [3.63, 3.8) is 0 Å². The van der Waals surface area contributed by atoms with Crippen LogP contribution in [0, 0.1) is 25.2 Å². The standard InChI is InChI=1S/C15H25N3O4S/c1-11-14(12(2)22-16-11)8-17-5-4-15(10-19)9-18(23(3,20)21)7-13(15)6-17/h13,19H,4-10H2,1-3H3. The number of rotatable bonds is 4. The highest BCUT2D eigenvalue weighted by molar-refractivity contribution is 7.88. The SMILES string of the molecule is Cc1noc(C)c1CN1CCC2(CO)CN(S(C)(=O)=O)CC2C1. The molecule has 2 saturated heterocycles. The van der Waals surface area contributed by atoms with Gasteiger partial charge in [-0.05, 0) is 32.7 Å². The molecule has 130 valence electrons. The first-order valence-corrected chi connectivity index (χ1v) is 9.80. The summed E-state index contributed by atoms with van der Waals surface area (Å²) in [5.74, 6) is 1.00. The maximum atomic E-state index is 11.9. The summed E-state index contributed by atoms with van der Waals surface area (Å²) in [6.45, 7) is 7.23. The summed E-state index contributed by atoms with van der Waals surface area (Å²) >= 11 is 0. The first-order valence-electron chi connectivity index (χ1n) is 7.95. The molecule has 1 N–H and O–H groups in total. The Hall–Kier alpha value is -0.960. The quantitative estimate of drug-likeness (QED) is 0.850. The van der Waals surface area contributed by atoms with Crippen LogP contribution in [0.4, 0.5) is 0 Å². The average molecular weight is 343 g/mol. The summed E-state index contributed by atoms with van der Waals surface area (Å²) in [5.41, 5.74) is 1.73. The third-order valence-corrected chi connectivity index (χ3v) is 6.75. The number of likely N-dealkylation sites (tertiary alicyclic amines) is 1. The zero-order valence-corrected chi connectivity index (χ0v) is 14.8. The molecular formula is C15H25N3O4S. The molecule has 2 aliphatic rings. The first kappa shape index (κ1) is 16.9. The van der Waals surface area contributed by atoms with Crippen LogP contribution in [0.5, 0.6) is 0 Å². The predicted octanol–water partition coefficient (Wildman–Crippen LogP) is 0.367. The number of hydrogen-bond acceptors (Lipinski definition) is 6. The van der Waals surface area contributed by atoms with Crippen LogP contribution in [0.3, 0.4) is 0 Å². The number of nitrogens with zero attached hydrogens (tertiary/aromatic N) is 3. The van der Waals surface area contributed by atoms with Gasteiger partial charge in [-0.15, -0.1) is 0 Å². The summed E-state index contributed by atoms with van der Waals surface area (Å²) in [4.78, 5) is 2.32. The molecule has 2 fully saturated rings. The van der Waals surface area contributed by atoms with Crippen LogP contribution in [0.25, 0.3) is 0 Å². The van der Waals surface area contributed by atoms with Crippen LogP contribution in [0.1, 0.15) is 23.4 Å². The van der Waals surface area contributed by atoms with Crippen molar-refractivity contribution in [1.82, 2.24) is 14.4 Å². The van der Waals surface area contributed by atoms with E-state index >= 15 is 0 Å². The highest BCUT2D eigenvalue weighted by atomic mass is 32.2. The Morgan fingerprint density at radius 3 is 2.70 bits per heavy atom. The number of aliphatic hydroxyl groups excluding tert-OH is 1. The molecule has 0 spiro atoms. The largest absolute Gasteiger partial charge is 0.396 e. The summed E-state index contributed by atoms with van der Waals surface area (Å²) in [6.07, 6.45) is 2.06. The van der Waals surface area contributed by atoms with E-state index in [0.29, 0.717) is 13.1 Å². The van der Waals surface area contributed by atoms with Crippen LogP contribution in [0.2, 0.25) is 0 Å². The first-order chi connectivity index (χ1) is 10.7. The Bertz CT molecular complexity index is 667. The lowest BCUT2D eigenvalue weighted by Crippen LogP contribution is -2.48. The molecule has 2 unspecified atom stereocenters. The Morgan fingerprint density at radius 2 is 2.13 bits per heavy atom. The van der Waals surface area contributed by atoms with Crippen molar-refractivity contribution >= 4 is 10.0 Å². The second kappa shape index (κ2) is 5.84. The Kier molecular flexibility index (Phi) is 4.29.